The first-order valence-corrected chi connectivity index (χ1v) is 8.18. The summed E-state index contributed by atoms with van der Waals surface area (Å²) in [5.41, 5.74) is 6.52. The average molecular weight is 345 g/mol. The molecule has 1 amide bonds. The number of ether oxygens (including phenoxy) is 1. The maximum absolute atomic E-state index is 11.8. The summed E-state index contributed by atoms with van der Waals surface area (Å²) in [6.45, 7) is 0.527. The van der Waals surface area contributed by atoms with Gasteiger partial charge >= 0.3 is 13.5 Å². The molecule has 4 rings (SSSR count). The van der Waals surface area contributed by atoms with Gasteiger partial charge in [-0.2, -0.15) is 0 Å². The van der Waals surface area contributed by atoms with E-state index >= 15 is 0 Å². The molecule has 2 fully saturated rings. The Hall–Kier alpha value is -2.10. The van der Waals surface area contributed by atoms with Crippen molar-refractivity contribution in [3.8, 4) is 5.75 Å². The van der Waals surface area contributed by atoms with Crippen LogP contribution in [0.5, 0.6) is 5.75 Å². The van der Waals surface area contributed by atoms with E-state index in [1.54, 1.807) is 18.4 Å². The molecule has 1 radical (unpaired) electrons. The van der Waals surface area contributed by atoms with Gasteiger partial charge < -0.3 is 30.2 Å². The standard InChI is InChI=1S/C16H18BN2O6/c18-10(6-20)15(21)19-4-7(5-19)24-14-11-8-2-1-3-9(16(22)23)13(8)25-17-12(11)14/h1-3,7,10-12,14,20H,4-6,18H2,(H,22,23)/t10-,11?,12?,14?/m1/s1. The van der Waals surface area contributed by atoms with E-state index in [2.05, 4.69) is 0 Å². The lowest BCUT2D eigenvalue weighted by Gasteiger charge is -2.40. The smallest absolute Gasteiger partial charge is 0.376 e. The normalized spacial score (nSPS) is 27.9. The lowest BCUT2D eigenvalue weighted by Crippen LogP contribution is -2.59. The number of hydrogen-bond donors (Lipinski definition) is 3. The number of fused-ring (bicyclic) bond motifs is 3. The minimum atomic E-state index is -1.02. The van der Waals surface area contributed by atoms with Gasteiger partial charge in [0.15, 0.2) is 0 Å². The number of carbonyl (C=O) groups is 2. The van der Waals surface area contributed by atoms with Crippen LogP contribution in [0.1, 0.15) is 21.8 Å². The van der Waals surface area contributed by atoms with Crippen molar-refractivity contribution in [2.45, 2.75) is 30.0 Å². The molecule has 9 heteroatoms. The van der Waals surface area contributed by atoms with Crippen molar-refractivity contribution in [2.24, 2.45) is 5.73 Å². The van der Waals surface area contributed by atoms with Crippen molar-refractivity contribution < 1.29 is 29.2 Å². The molecule has 1 saturated heterocycles. The van der Waals surface area contributed by atoms with Gasteiger partial charge in [0.2, 0.25) is 5.91 Å². The van der Waals surface area contributed by atoms with Crippen LogP contribution in [0, 0.1) is 0 Å². The number of likely N-dealkylation sites (tertiary alicyclic amines) is 1. The molecule has 0 bridgehead atoms. The Morgan fingerprint density at radius 1 is 1.44 bits per heavy atom. The van der Waals surface area contributed by atoms with Crippen LogP contribution in [0.3, 0.4) is 0 Å². The molecule has 4 atom stereocenters. The van der Waals surface area contributed by atoms with Crippen LogP contribution in [-0.2, 0) is 9.53 Å². The monoisotopic (exact) mass is 345 g/mol. The number of aliphatic hydroxyl groups excluding tert-OH is 1. The summed E-state index contributed by atoms with van der Waals surface area (Å²) < 4.78 is 11.6. The predicted molar refractivity (Wildman–Crippen MR) is 86.6 cm³/mol. The Labute approximate surface area is 144 Å². The van der Waals surface area contributed by atoms with Crippen LogP contribution in [0.15, 0.2) is 18.2 Å². The van der Waals surface area contributed by atoms with Crippen molar-refractivity contribution in [1.29, 1.82) is 0 Å². The van der Waals surface area contributed by atoms with Crippen molar-refractivity contribution in [3.05, 3.63) is 29.3 Å². The fourth-order valence-corrected chi connectivity index (χ4v) is 3.53. The SMILES string of the molecule is N[C@H](CO)C(=O)N1CC(OC2C3[B]Oc4c(C(=O)O)cccc4C32)C1. The topological polar surface area (TPSA) is 122 Å². The van der Waals surface area contributed by atoms with Crippen LogP contribution in [0.2, 0.25) is 5.82 Å². The molecule has 2 heterocycles. The molecule has 8 nitrogen and oxygen atoms in total. The Morgan fingerprint density at radius 3 is 2.88 bits per heavy atom. The molecule has 1 saturated carbocycles. The highest BCUT2D eigenvalue weighted by Gasteiger charge is 2.59. The van der Waals surface area contributed by atoms with Crippen LogP contribution in [0.4, 0.5) is 0 Å². The molecule has 0 spiro atoms. The Bertz CT molecular complexity index is 723. The fourth-order valence-electron chi connectivity index (χ4n) is 3.53. The maximum atomic E-state index is 11.8. The zero-order chi connectivity index (χ0) is 17.7. The number of rotatable bonds is 5. The number of aromatic carboxylic acids is 1. The van der Waals surface area contributed by atoms with Crippen molar-refractivity contribution in [3.63, 3.8) is 0 Å². The van der Waals surface area contributed by atoms with Crippen LogP contribution in [-0.4, -0.2) is 72.4 Å². The molecule has 0 aromatic heterocycles. The number of carboxylic acid groups (broad SMARTS) is 1. The number of benzene rings is 1. The van der Waals surface area contributed by atoms with Gasteiger partial charge in [-0.15, -0.1) is 0 Å². The number of aliphatic hydroxyl groups is 1. The molecule has 1 aromatic carbocycles. The number of para-hydroxylation sites is 1. The second-order valence-corrected chi connectivity index (χ2v) is 6.64. The molecule has 25 heavy (non-hydrogen) atoms. The van der Waals surface area contributed by atoms with Gasteiger partial charge in [0, 0.05) is 24.8 Å². The molecular formula is C16H18BN2O6. The summed E-state index contributed by atoms with van der Waals surface area (Å²) >= 11 is 0. The predicted octanol–water partition coefficient (Wildman–Crippen LogP) is -0.802. The van der Waals surface area contributed by atoms with Gasteiger partial charge in [0.05, 0.1) is 24.4 Å². The summed E-state index contributed by atoms with van der Waals surface area (Å²) in [6.07, 6.45) is -0.149. The summed E-state index contributed by atoms with van der Waals surface area (Å²) in [7, 11) is 1.65. The van der Waals surface area contributed by atoms with Crippen molar-refractivity contribution in [2.75, 3.05) is 19.7 Å². The highest BCUT2D eigenvalue weighted by Crippen LogP contribution is 2.60. The van der Waals surface area contributed by atoms with Gasteiger partial charge in [0.1, 0.15) is 11.8 Å². The van der Waals surface area contributed by atoms with E-state index in [-0.39, 0.29) is 42.0 Å². The summed E-state index contributed by atoms with van der Waals surface area (Å²) in [5.74, 6) is -0.715. The van der Waals surface area contributed by atoms with E-state index in [9.17, 15) is 14.7 Å². The second kappa shape index (κ2) is 6.01. The minimum Gasteiger partial charge on any atom is -0.562 e. The highest BCUT2D eigenvalue weighted by atomic mass is 16.5. The van der Waals surface area contributed by atoms with Crippen LogP contribution >= 0.6 is 0 Å². The second-order valence-electron chi connectivity index (χ2n) is 6.64. The Balaban J connectivity index is 1.38. The van der Waals surface area contributed by atoms with Gasteiger partial charge in [-0.25, -0.2) is 4.79 Å². The fraction of sp³-hybridized carbons (Fsp3) is 0.500. The molecule has 1 aromatic rings. The first kappa shape index (κ1) is 16.4. The number of hydrogen-bond acceptors (Lipinski definition) is 6. The van der Waals surface area contributed by atoms with Crippen molar-refractivity contribution in [1.82, 2.24) is 4.90 Å². The molecule has 3 aliphatic rings. The summed E-state index contributed by atoms with van der Waals surface area (Å²) in [5, 5.41) is 18.2. The third-order valence-electron chi connectivity index (χ3n) is 5.01. The number of carbonyl (C=O) groups excluding carboxylic acids is 1. The first-order chi connectivity index (χ1) is 12.0. The lowest BCUT2D eigenvalue weighted by molar-refractivity contribution is -0.148. The quantitative estimate of drug-likeness (QED) is 0.597. The largest absolute Gasteiger partial charge is 0.562 e. The number of amides is 1. The zero-order valence-electron chi connectivity index (χ0n) is 13.4. The number of nitrogens with two attached hydrogens (primary N) is 1. The molecule has 1 aliphatic carbocycles. The van der Waals surface area contributed by atoms with E-state index < -0.39 is 12.0 Å². The van der Waals surface area contributed by atoms with Crippen LogP contribution in [0.25, 0.3) is 0 Å². The van der Waals surface area contributed by atoms with E-state index in [4.69, 9.17) is 20.2 Å². The minimum absolute atomic E-state index is 0.0703. The highest BCUT2D eigenvalue weighted by molar-refractivity contribution is 6.34. The molecule has 131 valence electrons. The van der Waals surface area contributed by atoms with E-state index in [0.717, 1.165) is 5.56 Å². The van der Waals surface area contributed by atoms with Gasteiger partial charge in [0.25, 0.3) is 0 Å². The van der Waals surface area contributed by atoms with Gasteiger partial charge in [-0.05, 0) is 11.6 Å². The molecular weight excluding hydrogens is 327 g/mol. The third kappa shape index (κ3) is 2.68. The van der Waals surface area contributed by atoms with Crippen molar-refractivity contribution >= 4 is 19.4 Å². The van der Waals surface area contributed by atoms with Gasteiger partial charge in [-0.1, -0.05) is 12.1 Å². The van der Waals surface area contributed by atoms with E-state index in [1.807, 2.05) is 6.07 Å². The summed E-state index contributed by atoms with van der Waals surface area (Å²) in [6, 6.07) is 4.22. The molecule has 3 unspecified atom stereocenters. The van der Waals surface area contributed by atoms with E-state index in [0.29, 0.717) is 18.8 Å². The number of nitrogens with zero attached hydrogens (tertiary/aromatic N) is 1. The lowest BCUT2D eigenvalue weighted by atomic mass is 9.84. The Morgan fingerprint density at radius 2 is 2.20 bits per heavy atom. The summed E-state index contributed by atoms with van der Waals surface area (Å²) in [4.78, 5) is 24.7. The van der Waals surface area contributed by atoms with E-state index in [1.165, 1.54) is 6.07 Å². The average Bonchev–Trinajstić information content (AvgIpc) is 3.29. The maximum Gasteiger partial charge on any atom is 0.376 e. The third-order valence-corrected chi connectivity index (χ3v) is 5.01. The van der Waals surface area contributed by atoms with Gasteiger partial charge in [-0.3, -0.25) is 4.79 Å². The zero-order valence-corrected chi connectivity index (χ0v) is 13.4. The molecule has 2 aliphatic heterocycles. The Kier molecular flexibility index (Phi) is 3.94. The van der Waals surface area contributed by atoms with Crippen LogP contribution < -0.4 is 10.4 Å². The first-order valence-electron chi connectivity index (χ1n) is 8.18. The molecule has 4 N–H and O–H groups in total. The number of carboxylic acids is 1.